The number of piperidine rings is 1. The van der Waals surface area contributed by atoms with Crippen LogP contribution in [-0.4, -0.2) is 107 Å². The van der Waals surface area contributed by atoms with Gasteiger partial charge in [-0.1, -0.05) is 43.3 Å². The molecular formula is C40H43N7O8. The predicted molar refractivity (Wildman–Crippen MR) is 199 cm³/mol. The number of benzene rings is 3. The summed E-state index contributed by atoms with van der Waals surface area (Å²) in [5.41, 5.74) is 3.05. The van der Waals surface area contributed by atoms with Crippen molar-refractivity contribution in [3.05, 3.63) is 101 Å². The highest BCUT2D eigenvalue weighted by Crippen LogP contribution is 2.34. The molecule has 4 heterocycles. The molecule has 0 spiro atoms. The van der Waals surface area contributed by atoms with Gasteiger partial charge in [0.15, 0.2) is 6.61 Å². The first kappa shape index (κ1) is 37.2. The SMILES string of the molecule is CN1CCN(C(=O)c2noc(COc3ccc(C(C)(C)c4ccc(OCCCNc5ccc6c(c5)C(=O)N(C5CCC(=O)NC5=O)C6=O)cc4)cc3)n2)CC1. The second-order valence-electron chi connectivity index (χ2n) is 14.4. The summed E-state index contributed by atoms with van der Waals surface area (Å²) in [6, 6.07) is 19.8. The van der Waals surface area contributed by atoms with Crippen molar-refractivity contribution in [1.82, 2.24) is 30.2 Å². The maximum Gasteiger partial charge on any atom is 0.295 e. The molecule has 5 amide bonds. The van der Waals surface area contributed by atoms with Gasteiger partial charge in [0.25, 0.3) is 29.4 Å². The Morgan fingerprint density at radius 2 is 1.55 bits per heavy atom. The maximum atomic E-state index is 13.1. The van der Waals surface area contributed by atoms with Gasteiger partial charge in [-0.15, -0.1) is 0 Å². The number of nitrogens with zero attached hydrogens (tertiary/aromatic N) is 5. The average Bonchev–Trinajstić information content (AvgIpc) is 3.76. The van der Waals surface area contributed by atoms with Crippen LogP contribution in [0.25, 0.3) is 0 Å². The van der Waals surface area contributed by atoms with E-state index in [4.69, 9.17) is 14.0 Å². The fourth-order valence-corrected chi connectivity index (χ4v) is 6.87. The van der Waals surface area contributed by atoms with Gasteiger partial charge in [-0.2, -0.15) is 4.98 Å². The summed E-state index contributed by atoms with van der Waals surface area (Å²) in [5.74, 6) is -0.692. The minimum Gasteiger partial charge on any atom is -0.494 e. The smallest absolute Gasteiger partial charge is 0.295 e. The third-order valence-corrected chi connectivity index (χ3v) is 10.3. The first-order valence-electron chi connectivity index (χ1n) is 18.3. The number of fused-ring (bicyclic) bond motifs is 1. The van der Waals surface area contributed by atoms with Crippen LogP contribution in [-0.2, 0) is 21.6 Å². The third kappa shape index (κ3) is 8.06. The van der Waals surface area contributed by atoms with Gasteiger partial charge in [-0.05, 0) is 73.5 Å². The third-order valence-electron chi connectivity index (χ3n) is 10.3. The molecule has 2 N–H and O–H groups in total. The fraction of sp³-hybridized carbons (Fsp3) is 0.375. The summed E-state index contributed by atoms with van der Waals surface area (Å²) in [6.07, 6.45) is 0.863. The standard InChI is InChI=1S/C40H43N7O8/c1-40(2,26-7-12-29(13-8-26)54-24-34-43-35(44-55-34)39(52)46-20-18-45(3)19-21-46)25-5-10-28(11-6-25)53-22-4-17-41-27-9-14-30-31(23-27)38(51)47(37(30)50)32-15-16-33(48)42-36(32)49/h5-14,23,32,41H,4,15-22,24H2,1-3H3,(H,42,48,49). The van der Waals surface area contributed by atoms with E-state index in [1.54, 1.807) is 23.1 Å². The molecule has 0 saturated carbocycles. The molecule has 2 saturated heterocycles. The number of anilines is 1. The second-order valence-corrected chi connectivity index (χ2v) is 14.4. The molecule has 4 aromatic rings. The van der Waals surface area contributed by atoms with Crippen LogP contribution < -0.4 is 20.1 Å². The van der Waals surface area contributed by atoms with Gasteiger partial charge in [-0.3, -0.25) is 34.2 Å². The molecule has 1 unspecified atom stereocenters. The maximum absolute atomic E-state index is 13.1. The van der Waals surface area contributed by atoms with Gasteiger partial charge in [0, 0.05) is 50.2 Å². The molecule has 1 aromatic heterocycles. The summed E-state index contributed by atoms with van der Waals surface area (Å²) in [7, 11) is 2.03. The van der Waals surface area contributed by atoms with Crippen molar-refractivity contribution in [1.29, 1.82) is 0 Å². The minimum absolute atomic E-state index is 0.0448. The quantitative estimate of drug-likeness (QED) is 0.150. The molecule has 0 aliphatic carbocycles. The number of rotatable bonds is 13. The molecule has 15 nitrogen and oxygen atoms in total. The molecule has 2 fully saturated rings. The Hall–Kier alpha value is -6.09. The second kappa shape index (κ2) is 15.7. The fourth-order valence-electron chi connectivity index (χ4n) is 6.87. The zero-order valence-corrected chi connectivity index (χ0v) is 31.0. The number of imide groups is 2. The largest absolute Gasteiger partial charge is 0.494 e. The molecule has 3 aliphatic heterocycles. The van der Waals surface area contributed by atoms with Gasteiger partial charge < -0.3 is 29.1 Å². The topological polar surface area (TPSA) is 177 Å². The van der Waals surface area contributed by atoms with Crippen molar-refractivity contribution < 1.29 is 38.0 Å². The Morgan fingerprint density at radius 3 is 2.22 bits per heavy atom. The molecule has 286 valence electrons. The molecule has 3 aliphatic rings. The van der Waals surface area contributed by atoms with Crippen molar-refractivity contribution in [2.75, 3.05) is 51.7 Å². The lowest BCUT2D eigenvalue weighted by Gasteiger charge is -2.31. The predicted octanol–water partition coefficient (Wildman–Crippen LogP) is 3.64. The Morgan fingerprint density at radius 1 is 0.891 bits per heavy atom. The van der Waals surface area contributed by atoms with E-state index in [0.717, 1.165) is 34.9 Å². The van der Waals surface area contributed by atoms with Crippen LogP contribution in [0, 0.1) is 0 Å². The van der Waals surface area contributed by atoms with Gasteiger partial charge >= 0.3 is 0 Å². The Kier molecular flexibility index (Phi) is 10.6. The summed E-state index contributed by atoms with van der Waals surface area (Å²) in [6.45, 7) is 8.24. The van der Waals surface area contributed by atoms with Crippen LogP contribution in [0.5, 0.6) is 11.5 Å². The minimum atomic E-state index is -0.997. The van der Waals surface area contributed by atoms with Gasteiger partial charge in [0.2, 0.25) is 11.8 Å². The van der Waals surface area contributed by atoms with Crippen molar-refractivity contribution >= 4 is 35.2 Å². The highest BCUT2D eigenvalue weighted by molar-refractivity contribution is 6.23. The van der Waals surface area contributed by atoms with E-state index >= 15 is 0 Å². The van der Waals surface area contributed by atoms with E-state index < -0.39 is 29.7 Å². The number of ether oxygens (including phenoxy) is 2. The lowest BCUT2D eigenvalue weighted by atomic mass is 9.78. The zero-order valence-electron chi connectivity index (χ0n) is 31.0. The van der Waals surface area contributed by atoms with E-state index in [2.05, 4.69) is 51.7 Å². The van der Waals surface area contributed by atoms with Crippen molar-refractivity contribution in [3.8, 4) is 11.5 Å². The molecular weight excluding hydrogens is 706 g/mol. The van der Waals surface area contributed by atoms with Crippen LogP contribution in [0.4, 0.5) is 5.69 Å². The van der Waals surface area contributed by atoms with Crippen molar-refractivity contribution in [2.45, 2.75) is 51.2 Å². The Bertz CT molecular complexity index is 2090. The van der Waals surface area contributed by atoms with E-state index in [1.807, 2.05) is 43.4 Å². The summed E-state index contributed by atoms with van der Waals surface area (Å²) in [4.78, 5) is 71.7. The monoisotopic (exact) mass is 749 g/mol. The molecule has 7 rings (SSSR count). The van der Waals surface area contributed by atoms with E-state index in [1.165, 1.54) is 0 Å². The number of amides is 5. The lowest BCUT2D eigenvalue weighted by Crippen LogP contribution is -2.54. The first-order valence-corrected chi connectivity index (χ1v) is 18.3. The molecule has 55 heavy (non-hydrogen) atoms. The van der Waals surface area contributed by atoms with Crippen LogP contribution in [0.1, 0.15) is 81.5 Å². The Balaban J connectivity index is 0.851. The van der Waals surface area contributed by atoms with E-state index in [-0.39, 0.29) is 53.6 Å². The number of carbonyl (C=O) groups excluding carboxylic acids is 5. The highest BCUT2D eigenvalue weighted by atomic mass is 16.5. The van der Waals surface area contributed by atoms with Crippen LogP contribution in [0.3, 0.4) is 0 Å². The molecule has 1 atom stereocenters. The summed E-state index contributed by atoms with van der Waals surface area (Å²) < 4.78 is 17.1. The first-order chi connectivity index (χ1) is 26.5. The van der Waals surface area contributed by atoms with E-state index in [9.17, 15) is 24.0 Å². The van der Waals surface area contributed by atoms with Crippen LogP contribution in [0.15, 0.2) is 71.3 Å². The lowest BCUT2D eigenvalue weighted by molar-refractivity contribution is -0.136. The van der Waals surface area contributed by atoms with Crippen molar-refractivity contribution in [3.63, 3.8) is 0 Å². The van der Waals surface area contributed by atoms with Gasteiger partial charge in [-0.25, -0.2) is 0 Å². The summed E-state index contributed by atoms with van der Waals surface area (Å²) in [5, 5.41) is 9.33. The number of hydrogen-bond acceptors (Lipinski definition) is 12. The van der Waals surface area contributed by atoms with Gasteiger partial charge in [0.05, 0.1) is 17.7 Å². The summed E-state index contributed by atoms with van der Waals surface area (Å²) >= 11 is 0. The molecule has 3 aromatic carbocycles. The molecule has 0 bridgehead atoms. The van der Waals surface area contributed by atoms with Gasteiger partial charge in [0.1, 0.15) is 17.5 Å². The van der Waals surface area contributed by atoms with Crippen LogP contribution in [0.2, 0.25) is 0 Å². The average molecular weight is 750 g/mol. The number of carbonyl (C=O) groups is 5. The zero-order chi connectivity index (χ0) is 38.7. The van der Waals surface area contributed by atoms with Crippen molar-refractivity contribution in [2.24, 2.45) is 0 Å². The number of piperazine rings is 1. The number of nitrogens with one attached hydrogen (secondary N) is 2. The molecule has 0 radical (unpaired) electrons. The number of hydrogen-bond donors (Lipinski definition) is 2. The number of likely N-dealkylation sites (N-methyl/N-ethyl adjacent to an activating group) is 1. The van der Waals surface area contributed by atoms with Crippen LogP contribution >= 0.6 is 0 Å². The normalized spacial score (nSPS) is 17.6. The number of aromatic nitrogens is 2. The highest BCUT2D eigenvalue weighted by Gasteiger charge is 2.44. The Labute approximate surface area is 317 Å². The van der Waals surface area contributed by atoms with E-state index in [0.29, 0.717) is 44.1 Å². The molecule has 15 heteroatoms.